The lowest BCUT2D eigenvalue weighted by atomic mass is 10.2. The van der Waals surface area contributed by atoms with Gasteiger partial charge in [-0.1, -0.05) is 0 Å². The lowest BCUT2D eigenvalue weighted by Gasteiger charge is -2.19. The Bertz CT molecular complexity index is 859. The Hall–Kier alpha value is -2.60. The molecule has 1 amide bonds. The van der Waals surface area contributed by atoms with Crippen molar-refractivity contribution in [2.24, 2.45) is 0 Å². The number of ether oxygens (including phenoxy) is 2. The van der Waals surface area contributed by atoms with Gasteiger partial charge in [0, 0.05) is 17.3 Å². The van der Waals surface area contributed by atoms with Crippen molar-refractivity contribution < 1.29 is 14.3 Å². The predicted octanol–water partition coefficient (Wildman–Crippen LogP) is 3.32. The molecule has 0 spiro atoms. The summed E-state index contributed by atoms with van der Waals surface area (Å²) in [6, 6.07) is 10.9. The number of rotatable bonds is 2. The molecule has 0 saturated heterocycles. The predicted molar refractivity (Wildman–Crippen MR) is 85.0 cm³/mol. The standard InChI is InChI=1S/C16H12N2O3S/c19-16(10-1-3-12-15(7-10)22-9-17-12)18-11-2-4-13-14(8-11)21-6-5-20-13/h1-4,7-9H,5-6H2,(H,18,19). The van der Waals surface area contributed by atoms with E-state index in [0.29, 0.717) is 36.0 Å². The van der Waals surface area contributed by atoms with Gasteiger partial charge < -0.3 is 14.8 Å². The topological polar surface area (TPSA) is 60.5 Å². The van der Waals surface area contributed by atoms with E-state index in [1.807, 2.05) is 12.1 Å². The number of thiazole rings is 1. The summed E-state index contributed by atoms with van der Waals surface area (Å²) in [6.45, 7) is 1.07. The smallest absolute Gasteiger partial charge is 0.255 e. The summed E-state index contributed by atoms with van der Waals surface area (Å²) in [5.41, 5.74) is 3.96. The minimum Gasteiger partial charge on any atom is -0.486 e. The SMILES string of the molecule is O=C(Nc1ccc2c(c1)OCCO2)c1ccc2ncsc2c1. The molecule has 4 rings (SSSR count). The van der Waals surface area contributed by atoms with E-state index in [1.165, 1.54) is 11.3 Å². The number of nitrogens with zero attached hydrogens (tertiary/aromatic N) is 1. The van der Waals surface area contributed by atoms with Gasteiger partial charge in [-0.3, -0.25) is 4.79 Å². The average molecular weight is 312 g/mol. The van der Waals surface area contributed by atoms with Crippen LogP contribution in [0.1, 0.15) is 10.4 Å². The molecule has 0 fully saturated rings. The number of benzene rings is 2. The first-order valence-corrected chi connectivity index (χ1v) is 7.72. The number of anilines is 1. The van der Waals surface area contributed by atoms with E-state index in [2.05, 4.69) is 10.3 Å². The summed E-state index contributed by atoms with van der Waals surface area (Å²) in [7, 11) is 0. The summed E-state index contributed by atoms with van der Waals surface area (Å²) in [5.74, 6) is 1.20. The Morgan fingerprint density at radius 1 is 1.09 bits per heavy atom. The lowest BCUT2D eigenvalue weighted by molar-refractivity contribution is 0.102. The van der Waals surface area contributed by atoms with Gasteiger partial charge in [0.25, 0.3) is 5.91 Å². The van der Waals surface area contributed by atoms with Crippen LogP contribution in [0.4, 0.5) is 5.69 Å². The van der Waals surface area contributed by atoms with Gasteiger partial charge in [-0.05, 0) is 30.3 Å². The van der Waals surface area contributed by atoms with Crippen molar-refractivity contribution in [2.75, 3.05) is 18.5 Å². The molecule has 22 heavy (non-hydrogen) atoms. The number of fused-ring (bicyclic) bond motifs is 2. The second-order valence-electron chi connectivity index (χ2n) is 4.85. The molecule has 0 atom stereocenters. The van der Waals surface area contributed by atoms with Crippen LogP contribution in [0.5, 0.6) is 11.5 Å². The summed E-state index contributed by atoms with van der Waals surface area (Å²) in [4.78, 5) is 16.6. The van der Waals surface area contributed by atoms with Crippen LogP contribution in [0.3, 0.4) is 0 Å². The molecule has 0 unspecified atom stereocenters. The molecule has 3 aromatic rings. The van der Waals surface area contributed by atoms with Crippen LogP contribution in [0.25, 0.3) is 10.2 Å². The first-order valence-electron chi connectivity index (χ1n) is 6.84. The molecule has 6 heteroatoms. The quantitative estimate of drug-likeness (QED) is 0.788. The van der Waals surface area contributed by atoms with Crippen molar-refractivity contribution in [2.45, 2.75) is 0 Å². The largest absolute Gasteiger partial charge is 0.486 e. The summed E-state index contributed by atoms with van der Waals surface area (Å²) in [6.07, 6.45) is 0. The third kappa shape index (κ3) is 2.37. The van der Waals surface area contributed by atoms with Gasteiger partial charge in [-0.2, -0.15) is 0 Å². The molecule has 110 valence electrons. The zero-order valence-corrected chi connectivity index (χ0v) is 12.4. The van der Waals surface area contributed by atoms with Crippen molar-refractivity contribution in [3.63, 3.8) is 0 Å². The number of amides is 1. The summed E-state index contributed by atoms with van der Waals surface area (Å²) >= 11 is 1.52. The molecule has 5 nitrogen and oxygen atoms in total. The van der Waals surface area contributed by atoms with Crippen LogP contribution in [0, 0.1) is 0 Å². The Kier molecular flexibility index (Phi) is 3.16. The van der Waals surface area contributed by atoms with Gasteiger partial charge in [0.05, 0.1) is 15.7 Å². The summed E-state index contributed by atoms with van der Waals surface area (Å²) in [5, 5.41) is 2.87. The number of hydrogen-bond donors (Lipinski definition) is 1. The van der Waals surface area contributed by atoms with E-state index < -0.39 is 0 Å². The third-order valence-corrected chi connectivity index (χ3v) is 4.19. The molecule has 0 bridgehead atoms. The van der Waals surface area contributed by atoms with Crippen LogP contribution in [-0.4, -0.2) is 24.1 Å². The maximum absolute atomic E-state index is 12.3. The normalized spacial score (nSPS) is 13.1. The second kappa shape index (κ2) is 5.31. The van der Waals surface area contributed by atoms with Crippen molar-refractivity contribution in [1.82, 2.24) is 4.98 Å². The van der Waals surface area contributed by atoms with Crippen LogP contribution >= 0.6 is 11.3 Å². The van der Waals surface area contributed by atoms with E-state index in [9.17, 15) is 4.79 Å². The molecule has 1 aliphatic heterocycles. The fraction of sp³-hybridized carbons (Fsp3) is 0.125. The van der Waals surface area contributed by atoms with Crippen LogP contribution in [-0.2, 0) is 0 Å². The average Bonchev–Trinajstić information content (AvgIpc) is 3.02. The van der Waals surface area contributed by atoms with Crippen LogP contribution < -0.4 is 14.8 Å². The van der Waals surface area contributed by atoms with Crippen molar-refractivity contribution in [3.8, 4) is 11.5 Å². The molecule has 2 heterocycles. The van der Waals surface area contributed by atoms with Gasteiger partial charge in [-0.25, -0.2) is 4.98 Å². The highest BCUT2D eigenvalue weighted by Crippen LogP contribution is 2.32. The first-order chi connectivity index (χ1) is 10.8. The number of carbonyl (C=O) groups is 1. The number of nitrogens with one attached hydrogen (secondary N) is 1. The minimum absolute atomic E-state index is 0.160. The zero-order valence-electron chi connectivity index (χ0n) is 11.5. The maximum atomic E-state index is 12.3. The Morgan fingerprint density at radius 3 is 2.86 bits per heavy atom. The highest BCUT2D eigenvalue weighted by molar-refractivity contribution is 7.16. The third-order valence-electron chi connectivity index (χ3n) is 3.39. The van der Waals surface area contributed by atoms with Crippen molar-refractivity contribution in [1.29, 1.82) is 0 Å². The number of aromatic nitrogens is 1. The maximum Gasteiger partial charge on any atom is 0.255 e. The minimum atomic E-state index is -0.160. The van der Waals surface area contributed by atoms with Crippen LogP contribution in [0.2, 0.25) is 0 Å². The molecule has 1 aromatic heterocycles. The molecular formula is C16H12N2O3S. The highest BCUT2D eigenvalue weighted by Gasteiger charge is 2.13. The van der Waals surface area contributed by atoms with Gasteiger partial charge >= 0.3 is 0 Å². The number of hydrogen-bond acceptors (Lipinski definition) is 5. The lowest BCUT2D eigenvalue weighted by Crippen LogP contribution is -2.16. The molecule has 0 aliphatic carbocycles. The zero-order chi connectivity index (χ0) is 14.9. The van der Waals surface area contributed by atoms with Crippen molar-refractivity contribution in [3.05, 3.63) is 47.5 Å². The Labute approximate surface area is 130 Å². The Balaban J connectivity index is 1.58. The van der Waals surface area contributed by atoms with Gasteiger partial charge in [0.1, 0.15) is 13.2 Å². The second-order valence-corrected chi connectivity index (χ2v) is 5.73. The Morgan fingerprint density at radius 2 is 1.95 bits per heavy atom. The molecule has 0 radical (unpaired) electrons. The van der Waals surface area contributed by atoms with E-state index in [1.54, 1.807) is 29.8 Å². The van der Waals surface area contributed by atoms with Gasteiger partial charge in [-0.15, -0.1) is 11.3 Å². The van der Waals surface area contributed by atoms with E-state index in [4.69, 9.17) is 9.47 Å². The van der Waals surface area contributed by atoms with E-state index in [-0.39, 0.29) is 5.91 Å². The molecule has 1 N–H and O–H groups in total. The van der Waals surface area contributed by atoms with E-state index >= 15 is 0 Å². The molecule has 2 aromatic carbocycles. The molecule has 1 aliphatic rings. The fourth-order valence-corrected chi connectivity index (χ4v) is 3.04. The monoisotopic (exact) mass is 312 g/mol. The number of carbonyl (C=O) groups excluding carboxylic acids is 1. The highest BCUT2D eigenvalue weighted by atomic mass is 32.1. The van der Waals surface area contributed by atoms with Crippen LogP contribution in [0.15, 0.2) is 41.9 Å². The van der Waals surface area contributed by atoms with Gasteiger partial charge in [0.2, 0.25) is 0 Å². The van der Waals surface area contributed by atoms with Crippen molar-refractivity contribution >= 4 is 33.1 Å². The van der Waals surface area contributed by atoms with Gasteiger partial charge in [0.15, 0.2) is 11.5 Å². The summed E-state index contributed by atoms with van der Waals surface area (Å²) < 4.78 is 12.0. The molecule has 0 saturated carbocycles. The molecular weight excluding hydrogens is 300 g/mol. The first kappa shape index (κ1) is 13.1. The van der Waals surface area contributed by atoms with E-state index in [0.717, 1.165) is 10.2 Å². The fourth-order valence-electron chi connectivity index (χ4n) is 2.32.